The quantitative estimate of drug-likeness (QED) is 0.711. The third kappa shape index (κ3) is 5.36. The maximum atomic E-state index is 3.65. The molecule has 1 aromatic carbocycles. The smallest absolute Gasteiger partial charge is 0.00229 e. The van der Waals surface area contributed by atoms with Crippen LogP contribution < -0.4 is 5.32 Å². The molecule has 1 atom stereocenters. The van der Waals surface area contributed by atoms with E-state index in [9.17, 15) is 0 Å². The van der Waals surface area contributed by atoms with E-state index in [2.05, 4.69) is 64.2 Å². The molecule has 0 saturated carbocycles. The second kappa shape index (κ2) is 8.37. The van der Waals surface area contributed by atoms with Crippen molar-refractivity contribution in [3.63, 3.8) is 0 Å². The first-order valence-corrected chi connectivity index (χ1v) is 7.85. The summed E-state index contributed by atoms with van der Waals surface area (Å²) in [6.07, 6.45) is 2.52. The standard InChI is InChI=1S/C18H31N/c1-6-16(7-2)18(13-19-12-14(3)4)17-10-8-9-15(5)11-17/h8-11,14,16,18-19H,6-7,12-13H2,1-5H3. The van der Waals surface area contributed by atoms with Gasteiger partial charge >= 0.3 is 0 Å². The Kier molecular flexibility index (Phi) is 7.15. The van der Waals surface area contributed by atoms with Crippen LogP contribution in [0.15, 0.2) is 24.3 Å². The molecule has 0 aliphatic carbocycles. The molecule has 0 aromatic heterocycles. The van der Waals surface area contributed by atoms with Crippen molar-refractivity contribution in [3.8, 4) is 0 Å². The van der Waals surface area contributed by atoms with Crippen LogP contribution in [0.4, 0.5) is 0 Å². The van der Waals surface area contributed by atoms with Gasteiger partial charge in [-0.15, -0.1) is 0 Å². The van der Waals surface area contributed by atoms with Crippen LogP contribution >= 0.6 is 0 Å². The van der Waals surface area contributed by atoms with Gasteiger partial charge in [0.15, 0.2) is 0 Å². The van der Waals surface area contributed by atoms with Gasteiger partial charge in [-0.25, -0.2) is 0 Å². The third-order valence-electron chi connectivity index (χ3n) is 4.00. The van der Waals surface area contributed by atoms with Crippen LogP contribution in [0.25, 0.3) is 0 Å². The second-order valence-electron chi connectivity index (χ2n) is 6.15. The van der Waals surface area contributed by atoms with Gasteiger partial charge in [-0.2, -0.15) is 0 Å². The fraction of sp³-hybridized carbons (Fsp3) is 0.667. The van der Waals surface area contributed by atoms with E-state index in [1.54, 1.807) is 0 Å². The zero-order valence-corrected chi connectivity index (χ0v) is 13.4. The molecule has 1 nitrogen and oxygen atoms in total. The zero-order chi connectivity index (χ0) is 14.3. The van der Waals surface area contributed by atoms with Crippen LogP contribution in [0.5, 0.6) is 0 Å². The monoisotopic (exact) mass is 261 g/mol. The molecule has 1 N–H and O–H groups in total. The average Bonchev–Trinajstić information content (AvgIpc) is 2.38. The Hall–Kier alpha value is -0.820. The summed E-state index contributed by atoms with van der Waals surface area (Å²) in [6, 6.07) is 9.05. The molecule has 1 heteroatoms. The molecule has 0 saturated heterocycles. The minimum absolute atomic E-state index is 0.647. The number of nitrogens with one attached hydrogen (secondary N) is 1. The summed E-state index contributed by atoms with van der Waals surface area (Å²) >= 11 is 0. The highest BCUT2D eigenvalue weighted by Gasteiger charge is 2.20. The SMILES string of the molecule is CCC(CC)C(CNCC(C)C)c1cccc(C)c1. The van der Waals surface area contributed by atoms with Crippen LogP contribution in [0.3, 0.4) is 0 Å². The first-order chi connectivity index (χ1) is 9.08. The molecular weight excluding hydrogens is 230 g/mol. The minimum atomic E-state index is 0.647. The Balaban J connectivity index is 2.79. The molecule has 0 aliphatic heterocycles. The summed E-state index contributed by atoms with van der Waals surface area (Å²) in [6.45, 7) is 13.6. The molecule has 19 heavy (non-hydrogen) atoms. The number of hydrogen-bond acceptors (Lipinski definition) is 1. The topological polar surface area (TPSA) is 12.0 Å². The Morgan fingerprint density at radius 3 is 2.26 bits per heavy atom. The van der Waals surface area contributed by atoms with Gasteiger partial charge in [0, 0.05) is 6.54 Å². The Morgan fingerprint density at radius 2 is 1.74 bits per heavy atom. The molecule has 1 rings (SSSR count). The van der Waals surface area contributed by atoms with Gasteiger partial charge in [0.2, 0.25) is 0 Å². The third-order valence-corrected chi connectivity index (χ3v) is 4.00. The van der Waals surface area contributed by atoms with Crippen molar-refractivity contribution < 1.29 is 0 Å². The largest absolute Gasteiger partial charge is 0.316 e. The molecule has 0 fully saturated rings. The number of hydrogen-bond donors (Lipinski definition) is 1. The number of rotatable bonds is 8. The highest BCUT2D eigenvalue weighted by atomic mass is 14.9. The van der Waals surface area contributed by atoms with Crippen LogP contribution in [-0.4, -0.2) is 13.1 Å². The second-order valence-corrected chi connectivity index (χ2v) is 6.15. The maximum Gasteiger partial charge on any atom is 0.00229 e. The van der Waals surface area contributed by atoms with Gasteiger partial charge in [-0.05, 0) is 36.8 Å². The normalized spacial score (nSPS) is 13.2. The number of aryl methyl sites for hydroxylation is 1. The zero-order valence-electron chi connectivity index (χ0n) is 13.4. The van der Waals surface area contributed by atoms with E-state index in [-0.39, 0.29) is 0 Å². The Morgan fingerprint density at radius 1 is 1.05 bits per heavy atom. The van der Waals surface area contributed by atoms with E-state index in [0.29, 0.717) is 5.92 Å². The first kappa shape index (κ1) is 16.2. The van der Waals surface area contributed by atoms with Crippen molar-refractivity contribution >= 4 is 0 Å². The maximum absolute atomic E-state index is 3.65. The summed E-state index contributed by atoms with van der Waals surface area (Å²) in [5.41, 5.74) is 2.88. The van der Waals surface area contributed by atoms with Crippen molar-refractivity contribution in [3.05, 3.63) is 35.4 Å². The van der Waals surface area contributed by atoms with Gasteiger partial charge in [0.05, 0.1) is 0 Å². The van der Waals surface area contributed by atoms with Crippen molar-refractivity contribution in [2.75, 3.05) is 13.1 Å². The lowest BCUT2D eigenvalue weighted by Crippen LogP contribution is -2.29. The summed E-state index contributed by atoms with van der Waals surface area (Å²) in [7, 11) is 0. The van der Waals surface area contributed by atoms with Crippen LogP contribution in [0.1, 0.15) is 57.6 Å². The first-order valence-electron chi connectivity index (χ1n) is 7.85. The molecule has 1 aromatic rings. The summed E-state index contributed by atoms with van der Waals surface area (Å²) in [5, 5.41) is 3.65. The predicted molar refractivity (Wildman–Crippen MR) is 85.7 cm³/mol. The average molecular weight is 261 g/mol. The molecule has 0 amide bonds. The van der Waals surface area contributed by atoms with Gasteiger partial charge in [-0.1, -0.05) is 70.4 Å². The minimum Gasteiger partial charge on any atom is -0.316 e. The summed E-state index contributed by atoms with van der Waals surface area (Å²) in [4.78, 5) is 0. The highest BCUT2D eigenvalue weighted by molar-refractivity contribution is 5.26. The van der Waals surface area contributed by atoms with Crippen molar-refractivity contribution in [2.45, 2.75) is 53.4 Å². The van der Waals surface area contributed by atoms with E-state index >= 15 is 0 Å². The van der Waals surface area contributed by atoms with E-state index in [1.165, 1.54) is 24.0 Å². The molecule has 108 valence electrons. The highest BCUT2D eigenvalue weighted by Crippen LogP contribution is 2.29. The molecule has 1 unspecified atom stereocenters. The molecular formula is C18H31N. The lowest BCUT2D eigenvalue weighted by molar-refractivity contribution is 0.373. The fourth-order valence-corrected chi connectivity index (χ4v) is 2.84. The van der Waals surface area contributed by atoms with Gasteiger partial charge in [0.25, 0.3) is 0 Å². The van der Waals surface area contributed by atoms with Crippen molar-refractivity contribution in [2.24, 2.45) is 11.8 Å². The van der Waals surface area contributed by atoms with E-state index < -0.39 is 0 Å². The van der Waals surface area contributed by atoms with E-state index in [0.717, 1.165) is 24.9 Å². The fourth-order valence-electron chi connectivity index (χ4n) is 2.84. The van der Waals surface area contributed by atoms with Gasteiger partial charge in [-0.3, -0.25) is 0 Å². The molecule has 0 heterocycles. The van der Waals surface area contributed by atoms with Crippen molar-refractivity contribution in [1.82, 2.24) is 5.32 Å². The van der Waals surface area contributed by atoms with Crippen LogP contribution in [0.2, 0.25) is 0 Å². The molecule has 0 radical (unpaired) electrons. The molecule has 0 spiro atoms. The Labute approximate surface area is 119 Å². The van der Waals surface area contributed by atoms with Crippen molar-refractivity contribution in [1.29, 1.82) is 0 Å². The Bertz CT molecular complexity index is 352. The summed E-state index contributed by atoms with van der Waals surface area (Å²) in [5.74, 6) is 2.15. The van der Waals surface area contributed by atoms with E-state index in [1.807, 2.05) is 0 Å². The van der Waals surface area contributed by atoms with Gasteiger partial charge in [0.1, 0.15) is 0 Å². The van der Waals surface area contributed by atoms with Crippen LogP contribution in [0, 0.1) is 18.8 Å². The van der Waals surface area contributed by atoms with Crippen LogP contribution in [-0.2, 0) is 0 Å². The van der Waals surface area contributed by atoms with Gasteiger partial charge < -0.3 is 5.32 Å². The lowest BCUT2D eigenvalue weighted by atomic mass is 9.82. The summed E-state index contributed by atoms with van der Waals surface area (Å²) < 4.78 is 0. The van der Waals surface area contributed by atoms with E-state index in [4.69, 9.17) is 0 Å². The lowest BCUT2D eigenvalue weighted by Gasteiger charge is -2.27. The molecule has 0 aliphatic rings. The predicted octanol–water partition coefficient (Wildman–Crippen LogP) is 4.76. The number of benzene rings is 1. The molecule has 0 bridgehead atoms.